The number of carbonyl (C=O) groups is 2. The van der Waals surface area contributed by atoms with Gasteiger partial charge in [-0.15, -0.1) is 10.2 Å². The maximum atomic E-state index is 13.0. The molecule has 0 spiro atoms. The molecular weight excluding hydrogens is 396 g/mol. The summed E-state index contributed by atoms with van der Waals surface area (Å²) in [6.07, 6.45) is -0.293. The van der Waals surface area contributed by atoms with Gasteiger partial charge >= 0.3 is 12.1 Å². The Kier molecular flexibility index (Phi) is 6.66. The zero-order valence-corrected chi connectivity index (χ0v) is 15.2. The lowest BCUT2D eigenvalue weighted by atomic mass is 10.1. The third-order valence-corrected chi connectivity index (χ3v) is 4.83. The Morgan fingerprint density at radius 3 is 2.19 bits per heavy atom. The number of hydrogen-bond donors (Lipinski definition) is 1. The highest BCUT2D eigenvalue weighted by Crippen LogP contribution is 2.35. The van der Waals surface area contributed by atoms with Crippen molar-refractivity contribution in [3.05, 3.63) is 11.6 Å². The molecule has 1 aromatic heterocycles. The van der Waals surface area contributed by atoms with E-state index in [0.717, 1.165) is 24.5 Å². The van der Waals surface area contributed by atoms with Crippen LogP contribution in [0.15, 0.2) is 0 Å². The van der Waals surface area contributed by atoms with E-state index in [0.29, 0.717) is 19.0 Å². The lowest BCUT2D eigenvalue weighted by molar-refractivity contribution is -0.192. The number of aromatic nitrogens is 3. The van der Waals surface area contributed by atoms with Crippen LogP contribution in [0.25, 0.3) is 0 Å². The van der Waals surface area contributed by atoms with E-state index in [9.17, 15) is 22.4 Å². The number of nitrogens with zero attached hydrogens (tertiary/aromatic N) is 4. The molecule has 152 valence electrons. The molecule has 1 amide bonds. The molecule has 12 heteroatoms. The van der Waals surface area contributed by atoms with Crippen molar-refractivity contribution in [2.75, 3.05) is 6.54 Å². The number of carboxylic acids is 1. The predicted octanol–water partition coefficient (Wildman–Crippen LogP) is 3.01. The van der Waals surface area contributed by atoms with Crippen LogP contribution >= 0.6 is 11.6 Å². The van der Waals surface area contributed by atoms with Gasteiger partial charge < -0.3 is 14.6 Å². The molecule has 1 aliphatic heterocycles. The second kappa shape index (κ2) is 8.41. The molecule has 1 fully saturated rings. The minimum absolute atomic E-state index is 0.282. The summed E-state index contributed by atoms with van der Waals surface area (Å²) in [5, 5.41) is 15.7. The Morgan fingerprint density at radius 1 is 1.19 bits per heavy atom. The molecule has 2 unspecified atom stereocenters. The monoisotopic (exact) mass is 414 g/mol. The van der Waals surface area contributed by atoms with Crippen LogP contribution in [-0.2, 0) is 16.1 Å². The van der Waals surface area contributed by atoms with Crippen molar-refractivity contribution in [3.8, 4) is 0 Å². The van der Waals surface area contributed by atoms with Gasteiger partial charge in [-0.25, -0.2) is 9.18 Å². The summed E-state index contributed by atoms with van der Waals surface area (Å²) in [6, 6.07) is -0.282. The fraction of sp³-hybridized carbons (Fsp3) is 0.733. The molecule has 0 radical (unpaired) electrons. The van der Waals surface area contributed by atoms with Crippen LogP contribution < -0.4 is 0 Å². The molecule has 2 heterocycles. The smallest absolute Gasteiger partial charge is 0.475 e. The Balaban J connectivity index is 0.000000321. The Labute approximate surface area is 157 Å². The Bertz CT molecular complexity index is 689. The van der Waals surface area contributed by atoms with Crippen molar-refractivity contribution in [3.63, 3.8) is 0 Å². The summed E-state index contributed by atoms with van der Waals surface area (Å²) in [5.41, 5.74) is -1.98. The zero-order valence-electron chi connectivity index (χ0n) is 14.4. The second-order valence-electron chi connectivity index (χ2n) is 6.36. The van der Waals surface area contributed by atoms with E-state index in [1.54, 1.807) is 0 Å². The summed E-state index contributed by atoms with van der Waals surface area (Å²) < 4.78 is 46.9. The first-order valence-corrected chi connectivity index (χ1v) is 8.79. The van der Waals surface area contributed by atoms with Gasteiger partial charge in [0, 0.05) is 19.0 Å². The molecule has 27 heavy (non-hydrogen) atoms. The molecule has 7 nitrogen and oxygen atoms in total. The topological polar surface area (TPSA) is 88.3 Å². The molecule has 1 aromatic rings. The van der Waals surface area contributed by atoms with Crippen LogP contribution in [0, 0.1) is 0 Å². The van der Waals surface area contributed by atoms with Gasteiger partial charge in [-0.3, -0.25) is 4.79 Å². The third kappa shape index (κ3) is 4.88. The number of fused-ring (bicyclic) bond motifs is 1. The second-order valence-corrected chi connectivity index (χ2v) is 6.74. The molecule has 1 N–H and O–H groups in total. The van der Waals surface area contributed by atoms with Gasteiger partial charge in [0.25, 0.3) is 11.5 Å². The van der Waals surface area contributed by atoms with E-state index in [-0.39, 0.29) is 6.04 Å². The van der Waals surface area contributed by atoms with Gasteiger partial charge in [-0.1, -0.05) is 24.4 Å². The number of rotatable bonds is 2. The predicted molar refractivity (Wildman–Crippen MR) is 85.8 cm³/mol. The molecular formula is C15H19ClF4N4O3. The highest BCUT2D eigenvalue weighted by atomic mass is 35.5. The first-order chi connectivity index (χ1) is 12.5. The Morgan fingerprint density at radius 2 is 1.70 bits per heavy atom. The summed E-state index contributed by atoms with van der Waals surface area (Å²) in [5.74, 6) is -1.20. The van der Waals surface area contributed by atoms with E-state index in [1.165, 1.54) is 17.7 Å². The fourth-order valence-electron chi connectivity index (χ4n) is 3.32. The molecule has 2 aliphatic rings. The number of amides is 1. The standard InChI is InChI=1S/C13H18ClFN4O.C2HF3O2/c1-8-11-16-17-12(9-4-2-3-5-9)19(11)7-6-18(8)13(20)10(14)15;3-2(4,5)1(6)7/h8-10H,2-7H2,1H3;(H,6,7). The summed E-state index contributed by atoms with van der Waals surface area (Å²) in [7, 11) is 0. The molecule has 0 aromatic carbocycles. The SMILES string of the molecule is CC1c2nnc(C3CCCC3)n2CCN1C(=O)C(F)Cl.O=C(O)C(F)(F)F. The fourth-order valence-corrected chi connectivity index (χ4v) is 3.44. The zero-order chi connectivity index (χ0) is 20.4. The van der Waals surface area contributed by atoms with Gasteiger partial charge in [0.05, 0.1) is 6.04 Å². The molecule has 2 atom stereocenters. The van der Waals surface area contributed by atoms with Crippen LogP contribution in [0.5, 0.6) is 0 Å². The maximum Gasteiger partial charge on any atom is 0.490 e. The molecule has 0 saturated heterocycles. The van der Waals surface area contributed by atoms with E-state index in [2.05, 4.69) is 14.8 Å². The maximum absolute atomic E-state index is 13.0. The van der Waals surface area contributed by atoms with Crippen molar-refractivity contribution in [1.82, 2.24) is 19.7 Å². The van der Waals surface area contributed by atoms with Gasteiger partial charge in [0.2, 0.25) is 0 Å². The van der Waals surface area contributed by atoms with Crippen LogP contribution in [0.1, 0.15) is 56.2 Å². The number of aliphatic carboxylic acids is 1. The minimum Gasteiger partial charge on any atom is -0.475 e. The van der Waals surface area contributed by atoms with Crippen LogP contribution in [0.4, 0.5) is 17.6 Å². The number of carboxylic acid groups (broad SMARTS) is 1. The van der Waals surface area contributed by atoms with Gasteiger partial charge in [0.1, 0.15) is 5.82 Å². The summed E-state index contributed by atoms with van der Waals surface area (Å²) >= 11 is 5.26. The van der Waals surface area contributed by atoms with Gasteiger partial charge in [-0.2, -0.15) is 13.2 Å². The van der Waals surface area contributed by atoms with Crippen LogP contribution in [-0.4, -0.2) is 55.0 Å². The highest BCUT2D eigenvalue weighted by molar-refractivity contribution is 6.29. The summed E-state index contributed by atoms with van der Waals surface area (Å²) in [4.78, 5) is 22.1. The third-order valence-electron chi connectivity index (χ3n) is 4.65. The van der Waals surface area contributed by atoms with E-state index >= 15 is 0 Å². The lowest BCUT2D eigenvalue weighted by Gasteiger charge is -2.34. The van der Waals surface area contributed by atoms with E-state index in [4.69, 9.17) is 21.5 Å². The van der Waals surface area contributed by atoms with Crippen molar-refractivity contribution < 1.29 is 32.3 Å². The Hall–Kier alpha value is -1.91. The van der Waals surface area contributed by atoms with E-state index < -0.39 is 23.7 Å². The average molecular weight is 415 g/mol. The number of hydrogen-bond acceptors (Lipinski definition) is 4. The largest absolute Gasteiger partial charge is 0.490 e. The van der Waals surface area contributed by atoms with Crippen molar-refractivity contribution in [2.45, 2.75) is 62.9 Å². The van der Waals surface area contributed by atoms with Crippen molar-refractivity contribution in [1.29, 1.82) is 0 Å². The van der Waals surface area contributed by atoms with Crippen molar-refractivity contribution in [2.24, 2.45) is 0 Å². The quantitative estimate of drug-likeness (QED) is 0.593. The van der Waals surface area contributed by atoms with Gasteiger partial charge in [-0.05, 0) is 19.8 Å². The highest BCUT2D eigenvalue weighted by Gasteiger charge is 2.38. The molecule has 1 saturated carbocycles. The number of carbonyl (C=O) groups excluding carboxylic acids is 1. The van der Waals surface area contributed by atoms with Crippen LogP contribution in [0.2, 0.25) is 0 Å². The molecule has 0 bridgehead atoms. The van der Waals surface area contributed by atoms with Crippen molar-refractivity contribution >= 4 is 23.5 Å². The molecule has 1 aliphatic carbocycles. The van der Waals surface area contributed by atoms with Crippen LogP contribution in [0.3, 0.4) is 0 Å². The first-order valence-electron chi connectivity index (χ1n) is 8.35. The van der Waals surface area contributed by atoms with Gasteiger partial charge in [0.15, 0.2) is 5.82 Å². The first kappa shape index (κ1) is 21.4. The average Bonchev–Trinajstić information content (AvgIpc) is 3.23. The summed E-state index contributed by atoms with van der Waals surface area (Å²) in [6.45, 7) is 2.92. The lowest BCUT2D eigenvalue weighted by Crippen LogP contribution is -2.44. The number of alkyl halides is 5. The normalized spacial score (nSPS) is 21.3. The van der Waals surface area contributed by atoms with E-state index in [1.807, 2.05) is 6.92 Å². The number of halogens is 5. The molecule has 3 rings (SSSR count). The minimum atomic E-state index is -5.08.